The summed E-state index contributed by atoms with van der Waals surface area (Å²) in [4.78, 5) is 8.63. The van der Waals surface area contributed by atoms with Crippen molar-refractivity contribution in [3.05, 3.63) is 41.9 Å². The lowest BCUT2D eigenvalue weighted by Gasteiger charge is -2.06. The smallest absolute Gasteiger partial charge is 0.253 e. The van der Waals surface area contributed by atoms with E-state index in [4.69, 9.17) is 9.47 Å². The second kappa shape index (κ2) is 5.06. The largest absolute Gasteiger partial charge is 0.490 e. The summed E-state index contributed by atoms with van der Waals surface area (Å²) in [7, 11) is 1.63. The zero-order valence-corrected chi connectivity index (χ0v) is 12.5. The maximum atomic E-state index is 5.76. The summed E-state index contributed by atoms with van der Waals surface area (Å²) in [5.41, 5.74) is 3.27. The quantitative estimate of drug-likeness (QED) is 0.742. The minimum Gasteiger partial charge on any atom is -0.490 e. The van der Waals surface area contributed by atoms with Gasteiger partial charge in [-0.3, -0.25) is 0 Å². The molecule has 0 radical (unpaired) electrons. The van der Waals surface area contributed by atoms with E-state index in [0.717, 1.165) is 23.4 Å². The van der Waals surface area contributed by atoms with Crippen LogP contribution in [0.15, 0.2) is 30.5 Å². The van der Waals surface area contributed by atoms with Gasteiger partial charge in [0.2, 0.25) is 0 Å². The molecule has 0 amide bonds. The number of aromatic nitrogens is 4. The first-order valence-corrected chi connectivity index (χ1v) is 7.24. The van der Waals surface area contributed by atoms with E-state index in [1.807, 2.05) is 18.2 Å². The number of hydrogen-bond acceptors (Lipinski definition) is 5. The van der Waals surface area contributed by atoms with Gasteiger partial charge >= 0.3 is 0 Å². The Morgan fingerprint density at radius 1 is 1.36 bits per heavy atom. The topological polar surface area (TPSA) is 61.5 Å². The molecule has 0 N–H and O–H groups in total. The highest BCUT2D eigenvalue weighted by atomic mass is 16.5. The fraction of sp³-hybridized carbons (Fsp3) is 0.312. The van der Waals surface area contributed by atoms with Crippen molar-refractivity contribution in [2.45, 2.75) is 26.1 Å². The Labute approximate surface area is 127 Å². The van der Waals surface area contributed by atoms with Gasteiger partial charge in [-0.1, -0.05) is 0 Å². The molecular formula is C16H16N4O2. The molecule has 112 valence electrons. The molecular weight excluding hydrogens is 280 g/mol. The molecule has 22 heavy (non-hydrogen) atoms. The fourth-order valence-electron chi connectivity index (χ4n) is 2.83. The van der Waals surface area contributed by atoms with E-state index in [1.54, 1.807) is 17.8 Å². The minimum atomic E-state index is 0.238. The summed E-state index contributed by atoms with van der Waals surface area (Å²) in [6.07, 6.45) is 2.92. The maximum absolute atomic E-state index is 5.76. The van der Waals surface area contributed by atoms with Crippen LogP contribution < -0.4 is 4.74 Å². The molecule has 0 fully saturated rings. The van der Waals surface area contributed by atoms with Crippen molar-refractivity contribution in [3.8, 4) is 17.0 Å². The summed E-state index contributed by atoms with van der Waals surface area (Å²) in [5, 5.41) is 4.47. The lowest BCUT2D eigenvalue weighted by atomic mass is 10.0. The highest BCUT2D eigenvalue weighted by Gasteiger charge is 2.20. The standard InChI is InChI=1S/C16H16N4O2/c1-10-7-12-8-11(3-4-14(12)22-10)13-5-6-17-16-18-15(9-21-2)19-20(13)16/h3-6,8,10H,7,9H2,1-2H3/t10-/m1/s1. The molecule has 0 spiro atoms. The Hall–Kier alpha value is -2.47. The van der Waals surface area contributed by atoms with Crippen LogP contribution in [0.3, 0.4) is 0 Å². The molecule has 0 saturated carbocycles. The molecule has 0 unspecified atom stereocenters. The van der Waals surface area contributed by atoms with Gasteiger partial charge in [0, 0.05) is 25.3 Å². The van der Waals surface area contributed by atoms with E-state index in [2.05, 4.69) is 28.1 Å². The Bertz CT molecular complexity index is 843. The molecule has 3 heterocycles. The Morgan fingerprint density at radius 3 is 3.14 bits per heavy atom. The van der Waals surface area contributed by atoms with E-state index >= 15 is 0 Å². The molecule has 0 aliphatic carbocycles. The summed E-state index contributed by atoms with van der Waals surface area (Å²) < 4.78 is 12.6. The predicted molar refractivity (Wildman–Crippen MR) is 80.7 cm³/mol. The lowest BCUT2D eigenvalue weighted by Crippen LogP contribution is -2.05. The van der Waals surface area contributed by atoms with Crippen LogP contribution in [-0.4, -0.2) is 32.8 Å². The highest BCUT2D eigenvalue weighted by Crippen LogP contribution is 2.32. The van der Waals surface area contributed by atoms with Gasteiger partial charge in [-0.2, -0.15) is 9.50 Å². The van der Waals surface area contributed by atoms with Crippen molar-refractivity contribution in [1.82, 2.24) is 19.6 Å². The molecule has 0 bridgehead atoms. The van der Waals surface area contributed by atoms with Gasteiger partial charge in [0.05, 0.1) is 5.69 Å². The Morgan fingerprint density at radius 2 is 2.27 bits per heavy atom. The number of hydrogen-bond donors (Lipinski definition) is 0. The number of rotatable bonds is 3. The van der Waals surface area contributed by atoms with E-state index in [-0.39, 0.29) is 6.10 Å². The first kappa shape index (κ1) is 13.2. The van der Waals surface area contributed by atoms with Crippen LogP contribution in [0.1, 0.15) is 18.3 Å². The Balaban J connectivity index is 1.82. The molecule has 1 aliphatic rings. The van der Waals surface area contributed by atoms with Crippen LogP contribution in [0.2, 0.25) is 0 Å². The van der Waals surface area contributed by atoms with Crippen LogP contribution in [0.25, 0.3) is 17.0 Å². The van der Waals surface area contributed by atoms with Gasteiger partial charge in [-0.05, 0) is 36.8 Å². The third-order valence-electron chi connectivity index (χ3n) is 3.75. The summed E-state index contributed by atoms with van der Waals surface area (Å²) in [6, 6.07) is 8.17. The van der Waals surface area contributed by atoms with Crippen molar-refractivity contribution < 1.29 is 9.47 Å². The third kappa shape index (κ3) is 2.12. The normalized spacial score (nSPS) is 16.7. The van der Waals surface area contributed by atoms with Crippen molar-refractivity contribution in [2.75, 3.05) is 7.11 Å². The van der Waals surface area contributed by atoms with Crippen molar-refractivity contribution in [1.29, 1.82) is 0 Å². The number of ether oxygens (including phenoxy) is 2. The zero-order chi connectivity index (χ0) is 15.1. The number of benzene rings is 1. The average Bonchev–Trinajstić information content (AvgIpc) is 3.07. The lowest BCUT2D eigenvalue weighted by molar-refractivity contribution is 0.178. The molecule has 1 aromatic carbocycles. The zero-order valence-electron chi connectivity index (χ0n) is 12.5. The molecule has 6 nitrogen and oxygen atoms in total. The fourth-order valence-corrected chi connectivity index (χ4v) is 2.83. The van der Waals surface area contributed by atoms with Crippen molar-refractivity contribution in [2.24, 2.45) is 0 Å². The van der Waals surface area contributed by atoms with Crippen molar-refractivity contribution >= 4 is 5.78 Å². The second-order valence-corrected chi connectivity index (χ2v) is 5.46. The molecule has 1 aliphatic heterocycles. The first-order valence-electron chi connectivity index (χ1n) is 7.24. The number of fused-ring (bicyclic) bond motifs is 2. The van der Waals surface area contributed by atoms with Crippen molar-refractivity contribution in [3.63, 3.8) is 0 Å². The van der Waals surface area contributed by atoms with Gasteiger partial charge < -0.3 is 9.47 Å². The Kier molecular flexibility index (Phi) is 3.04. The van der Waals surface area contributed by atoms with E-state index < -0.39 is 0 Å². The summed E-state index contributed by atoms with van der Waals surface area (Å²) in [6.45, 7) is 2.46. The van der Waals surface area contributed by atoms with Crippen LogP contribution in [0.5, 0.6) is 5.75 Å². The van der Waals surface area contributed by atoms with Crippen LogP contribution in [0, 0.1) is 0 Å². The predicted octanol–water partition coefficient (Wildman–Crippen LogP) is 2.26. The third-order valence-corrected chi connectivity index (χ3v) is 3.75. The molecule has 4 rings (SSSR count). The molecule has 3 aromatic rings. The molecule has 2 aromatic heterocycles. The SMILES string of the molecule is COCc1nc2nccc(-c3ccc4c(c3)C[C@@H](C)O4)n2n1. The van der Waals surface area contributed by atoms with Gasteiger partial charge in [0.1, 0.15) is 18.5 Å². The maximum Gasteiger partial charge on any atom is 0.253 e. The van der Waals surface area contributed by atoms with E-state index in [9.17, 15) is 0 Å². The van der Waals surface area contributed by atoms with Crippen LogP contribution in [-0.2, 0) is 17.8 Å². The first-order chi connectivity index (χ1) is 10.7. The number of nitrogens with zero attached hydrogens (tertiary/aromatic N) is 4. The van der Waals surface area contributed by atoms with E-state index in [1.165, 1.54) is 5.56 Å². The van der Waals surface area contributed by atoms with Crippen LogP contribution >= 0.6 is 0 Å². The van der Waals surface area contributed by atoms with Gasteiger partial charge in [-0.25, -0.2) is 4.98 Å². The monoisotopic (exact) mass is 296 g/mol. The molecule has 1 atom stereocenters. The minimum absolute atomic E-state index is 0.238. The van der Waals surface area contributed by atoms with E-state index in [0.29, 0.717) is 18.2 Å². The van der Waals surface area contributed by atoms with Gasteiger partial charge in [0.15, 0.2) is 5.82 Å². The average molecular weight is 296 g/mol. The van der Waals surface area contributed by atoms with Gasteiger partial charge in [0.25, 0.3) is 5.78 Å². The second-order valence-electron chi connectivity index (χ2n) is 5.46. The summed E-state index contributed by atoms with van der Waals surface area (Å²) in [5.74, 6) is 2.18. The highest BCUT2D eigenvalue weighted by molar-refractivity contribution is 5.64. The number of methoxy groups -OCH3 is 1. The summed E-state index contributed by atoms with van der Waals surface area (Å²) >= 11 is 0. The molecule has 6 heteroatoms. The molecule has 0 saturated heterocycles. The van der Waals surface area contributed by atoms with Crippen LogP contribution in [0.4, 0.5) is 0 Å². The van der Waals surface area contributed by atoms with Gasteiger partial charge in [-0.15, -0.1) is 5.10 Å².